The summed E-state index contributed by atoms with van der Waals surface area (Å²) >= 11 is 0. The van der Waals surface area contributed by atoms with Gasteiger partial charge in [0.2, 0.25) is 0 Å². The van der Waals surface area contributed by atoms with E-state index in [4.69, 9.17) is 4.74 Å². The second kappa shape index (κ2) is 6.74. The summed E-state index contributed by atoms with van der Waals surface area (Å²) in [4.78, 5) is 0. The molecule has 20 heavy (non-hydrogen) atoms. The van der Waals surface area contributed by atoms with Crippen LogP contribution in [-0.2, 0) is 4.74 Å². The minimum absolute atomic E-state index is 0.139. The molecule has 1 aliphatic rings. The van der Waals surface area contributed by atoms with E-state index in [1.165, 1.54) is 12.0 Å². The maximum Gasteiger partial charge on any atom is 0.340 e. The van der Waals surface area contributed by atoms with E-state index < -0.39 is 0 Å². The molecule has 0 aromatic heterocycles. The summed E-state index contributed by atoms with van der Waals surface area (Å²) in [5, 5.41) is 0. The van der Waals surface area contributed by atoms with Gasteiger partial charge in [0.1, 0.15) is 7.05 Å². The first-order valence-corrected chi connectivity index (χ1v) is 7.61. The lowest BCUT2D eigenvalue weighted by Crippen LogP contribution is -2.24. The van der Waals surface area contributed by atoms with Crippen molar-refractivity contribution >= 4 is 5.90 Å². The molecule has 0 bridgehead atoms. The molecule has 1 heterocycles. The molecule has 0 radical (unpaired) electrons. The van der Waals surface area contributed by atoms with Crippen LogP contribution in [-0.4, -0.2) is 23.6 Å². The number of benzene rings is 1. The third-order valence-electron chi connectivity index (χ3n) is 4.21. The first-order chi connectivity index (χ1) is 9.69. The lowest BCUT2D eigenvalue weighted by atomic mass is 9.99. The number of likely N-dealkylation sites (N-methyl/N-ethyl adjacent to an activating group) is 1. The van der Waals surface area contributed by atoms with Gasteiger partial charge >= 0.3 is 5.90 Å². The van der Waals surface area contributed by atoms with Crippen LogP contribution in [0.25, 0.3) is 0 Å². The Bertz CT molecular complexity index is 477. The van der Waals surface area contributed by atoms with Crippen molar-refractivity contribution in [3.8, 4) is 0 Å². The van der Waals surface area contributed by atoms with Crippen molar-refractivity contribution in [1.29, 1.82) is 0 Å². The minimum atomic E-state index is 0.139. The van der Waals surface area contributed by atoms with Crippen LogP contribution in [0.1, 0.15) is 44.8 Å². The molecule has 0 N–H and O–H groups in total. The Morgan fingerprint density at radius 1 is 1.35 bits per heavy atom. The summed E-state index contributed by atoms with van der Waals surface area (Å²) in [6.07, 6.45) is 5.46. The zero-order valence-electron chi connectivity index (χ0n) is 12.9. The molecule has 0 aliphatic carbocycles. The van der Waals surface area contributed by atoms with Gasteiger partial charge in [-0.05, 0) is 18.4 Å². The number of hydrogen-bond acceptors (Lipinski definition) is 1. The van der Waals surface area contributed by atoms with E-state index in [9.17, 15) is 0 Å². The van der Waals surface area contributed by atoms with Crippen molar-refractivity contribution in [2.45, 2.75) is 45.3 Å². The zero-order chi connectivity index (χ0) is 14.5. The van der Waals surface area contributed by atoms with Crippen LogP contribution in [0.2, 0.25) is 0 Å². The fourth-order valence-corrected chi connectivity index (χ4v) is 2.98. The maximum atomic E-state index is 6.33. The standard InChI is InChI=1S/C18H26NO/c1-5-10-16(11-6-2)18-19(4)14(3)17(20-18)15-12-8-7-9-13-15/h5,7-9,12-14,16-17H,1,6,10-11H2,2-4H3/q+1/t14-,16+,17+/m0/s1. The Morgan fingerprint density at radius 2 is 2.05 bits per heavy atom. The van der Waals surface area contributed by atoms with E-state index in [0.717, 1.165) is 18.7 Å². The molecule has 1 aliphatic heterocycles. The average Bonchev–Trinajstić information content (AvgIpc) is 2.76. The molecular formula is C18H26NO+. The predicted octanol–water partition coefficient (Wildman–Crippen LogP) is 4.18. The summed E-state index contributed by atoms with van der Waals surface area (Å²) in [5.74, 6) is 1.59. The second-order valence-electron chi connectivity index (χ2n) is 5.65. The summed E-state index contributed by atoms with van der Waals surface area (Å²) in [7, 11) is 2.15. The molecule has 3 atom stereocenters. The van der Waals surface area contributed by atoms with Crippen LogP contribution < -0.4 is 0 Å². The van der Waals surface area contributed by atoms with Gasteiger partial charge in [-0.3, -0.25) is 0 Å². The molecule has 0 unspecified atom stereocenters. The average molecular weight is 272 g/mol. The van der Waals surface area contributed by atoms with E-state index in [0.29, 0.717) is 12.0 Å². The van der Waals surface area contributed by atoms with Gasteiger partial charge in [0.05, 0.1) is 5.92 Å². The molecule has 2 heteroatoms. The van der Waals surface area contributed by atoms with E-state index in [2.05, 4.69) is 62.4 Å². The Balaban J connectivity index is 2.21. The second-order valence-corrected chi connectivity index (χ2v) is 5.65. The molecule has 2 rings (SSSR count). The van der Waals surface area contributed by atoms with Gasteiger partial charge in [0.25, 0.3) is 0 Å². The summed E-state index contributed by atoms with van der Waals surface area (Å²) in [6, 6.07) is 10.9. The van der Waals surface area contributed by atoms with E-state index in [1.54, 1.807) is 0 Å². The minimum Gasteiger partial charge on any atom is -0.432 e. The van der Waals surface area contributed by atoms with Crippen LogP contribution in [0, 0.1) is 5.92 Å². The van der Waals surface area contributed by atoms with E-state index >= 15 is 0 Å². The Morgan fingerprint density at radius 3 is 2.65 bits per heavy atom. The maximum absolute atomic E-state index is 6.33. The number of allylic oxidation sites excluding steroid dienone is 1. The molecule has 0 saturated carbocycles. The highest BCUT2D eigenvalue weighted by Gasteiger charge is 2.42. The topological polar surface area (TPSA) is 12.2 Å². The predicted molar refractivity (Wildman–Crippen MR) is 84.1 cm³/mol. The zero-order valence-corrected chi connectivity index (χ0v) is 12.9. The van der Waals surface area contributed by atoms with Crippen LogP contribution in [0.4, 0.5) is 0 Å². The highest BCUT2D eigenvalue weighted by atomic mass is 16.5. The number of hydrogen-bond donors (Lipinski definition) is 0. The summed E-state index contributed by atoms with van der Waals surface area (Å²) < 4.78 is 8.64. The monoisotopic (exact) mass is 272 g/mol. The summed E-state index contributed by atoms with van der Waals surface area (Å²) in [5.41, 5.74) is 1.26. The number of ether oxygens (including phenoxy) is 1. The molecule has 1 aromatic rings. The normalized spacial score (nSPS) is 23.6. The molecule has 108 valence electrons. The molecule has 0 spiro atoms. The summed E-state index contributed by atoms with van der Waals surface area (Å²) in [6.45, 7) is 8.35. The Hall–Kier alpha value is -1.57. The van der Waals surface area contributed by atoms with Gasteiger partial charge in [-0.15, -0.1) is 6.58 Å². The molecule has 0 amide bonds. The van der Waals surface area contributed by atoms with Crippen molar-refractivity contribution in [3.05, 3.63) is 48.6 Å². The number of nitrogens with zero attached hydrogens (tertiary/aromatic N) is 1. The van der Waals surface area contributed by atoms with Crippen molar-refractivity contribution in [2.24, 2.45) is 5.92 Å². The third-order valence-corrected chi connectivity index (χ3v) is 4.21. The van der Waals surface area contributed by atoms with Gasteiger partial charge in [0, 0.05) is 6.92 Å². The largest absolute Gasteiger partial charge is 0.432 e. The molecule has 1 aromatic carbocycles. The smallest absolute Gasteiger partial charge is 0.340 e. The molecular weight excluding hydrogens is 246 g/mol. The van der Waals surface area contributed by atoms with Gasteiger partial charge in [-0.25, -0.2) is 0 Å². The van der Waals surface area contributed by atoms with Crippen LogP contribution in [0.15, 0.2) is 43.0 Å². The van der Waals surface area contributed by atoms with Crippen LogP contribution in [0.3, 0.4) is 0 Å². The fourth-order valence-electron chi connectivity index (χ4n) is 2.98. The van der Waals surface area contributed by atoms with Crippen molar-refractivity contribution in [1.82, 2.24) is 0 Å². The Kier molecular flexibility index (Phi) is 4.99. The first kappa shape index (κ1) is 14.8. The third kappa shape index (κ3) is 2.95. The number of rotatable bonds is 6. The van der Waals surface area contributed by atoms with E-state index in [-0.39, 0.29) is 6.10 Å². The van der Waals surface area contributed by atoms with Crippen molar-refractivity contribution < 1.29 is 9.31 Å². The molecule has 0 saturated heterocycles. The first-order valence-electron chi connectivity index (χ1n) is 7.61. The van der Waals surface area contributed by atoms with Crippen LogP contribution in [0.5, 0.6) is 0 Å². The lowest BCUT2D eigenvalue weighted by Gasteiger charge is -2.14. The van der Waals surface area contributed by atoms with Crippen LogP contribution >= 0.6 is 0 Å². The van der Waals surface area contributed by atoms with Crippen molar-refractivity contribution in [2.75, 3.05) is 7.05 Å². The highest BCUT2D eigenvalue weighted by molar-refractivity contribution is 5.75. The van der Waals surface area contributed by atoms with Gasteiger partial charge < -0.3 is 4.74 Å². The SMILES string of the molecule is C=CC[C@H](CCC)C1=[N+](C)[C@@H](C)[C@H](c2ccccc2)O1. The lowest BCUT2D eigenvalue weighted by molar-refractivity contribution is -0.530. The van der Waals surface area contributed by atoms with Gasteiger partial charge in [-0.1, -0.05) is 49.8 Å². The van der Waals surface area contributed by atoms with E-state index in [1.807, 2.05) is 6.08 Å². The molecule has 0 fully saturated rings. The van der Waals surface area contributed by atoms with Crippen molar-refractivity contribution in [3.63, 3.8) is 0 Å². The Labute approximate surface area is 122 Å². The molecule has 2 nitrogen and oxygen atoms in total. The fraction of sp³-hybridized carbons (Fsp3) is 0.500. The van der Waals surface area contributed by atoms with Gasteiger partial charge in [0.15, 0.2) is 12.1 Å². The quantitative estimate of drug-likeness (QED) is 0.559. The highest BCUT2D eigenvalue weighted by Crippen LogP contribution is 2.31. The van der Waals surface area contributed by atoms with Gasteiger partial charge in [-0.2, -0.15) is 4.58 Å².